The van der Waals surface area contributed by atoms with Crippen LogP contribution in [0.4, 0.5) is 4.39 Å². The highest BCUT2D eigenvalue weighted by atomic mass is 79.9. The van der Waals surface area contributed by atoms with Gasteiger partial charge in [-0.05, 0) is 57.4 Å². The molecule has 26 heavy (non-hydrogen) atoms. The third-order valence-corrected chi connectivity index (χ3v) is 4.56. The van der Waals surface area contributed by atoms with Gasteiger partial charge in [-0.15, -0.1) is 0 Å². The minimum Gasteiger partial charge on any atom is -0.489 e. The van der Waals surface area contributed by atoms with Crippen molar-refractivity contribution in [2.75, 3.05) is 0 Å². The fraction of sp³-hybridized carbons (Fsp3) is 0.0952. The molecule has 3 nitrogen and oxygen atoms in total. The molecule has 0 saturated carbocycles. The minimum absolute atomic E-state index is 0.267. The van der Waals surface area contributed by atoms with Gasteiger partial charge in [0, 0.05) is 11.0 Å². The average Bonchev–Trinajstić information content (AvgIpc) is 2.67. The first kappa shape index (κ1) is 18.1. The van der Waals surface area contributed by atoms with Crippen LogP contribution >= 0.6 is 15.9 Å². The molecule has 1 amide bonds. The van der Waals surface area contributed by atoms with E-state index in [0.717, 1.165) is 16.9 Å². The van der Waals surface area contributed by atoms with Gasteiger partial charge in [0.25, 0.3) is 5.91 Å². The van der Waals surface area contributed by atoms with Crippen LogP contribution in [-0.2, 0) is 13.2 Å². The van der Waals surface area contributed by atoms with Crippen molar-refractivity contribution in [2.45, 2.75) is 13.2 Å². The van der Waals surface area contributed by atoms with Gasteiger partial charge in [0.15, 0.2) is 0 Å². The summed E-state index contributed by atoms with van der Waals surface area (Å²) in [6.45, 7) is 0.732. The van der Waals surface area contributed by atoms with E-state index in [1.807, 2.05) is 54.6 Å². The van der Waals surface area contributed by atoms with Gasteiger partial charge in [-0.1, -0.05) is 42.5 Å². The fourth-order valence-electron chi connectivity index (χ4n) is 2.49. The highest BCUT2D eigenvalue weighted by molar-refractivity contribution is 9.10. The number of benzene rings is 3. The van der Waals surface area contributed by atoms with Crippen LogP contribution in [0.15, 0.2) is 77.3 Å². The predicted molar refractivity (Wildman–Crippen MR) is 102 cm³/mol. The SMILES string of the molecule is O=C(NCc1ccccc1COc1ccccc1)c1cc(F)ccc1Br. The second-order valence-corrected chi connectivity index (χ2v) is 6.53. The molecule has 3 aromatic rings. The number of rotatable bonds is 6. The number of hydrogen-bond donors (Lipinski definition) is 1. The fourth-order valence-corrected chi connectivity index (χ4v) is 2.92. The van der Waals surface area contributed by atoms with Gasteiger partial charge in [0.2, 0.25) is 0 Å². The lowest BCUT2D eigenvalue weighted by molar-refractivity contribution is 0.0949. The van der Waals surface area contributed by atoms with Crippen molar-refractivity contribution in [3.05, 3.63) is 99.8 Å². The van der Waals surface area contributed by atoms with Gasteiger partial charge in [-0.2, -0.15) is 0 Å². The predicted octanol–water partition coefficient (Wildman–Crippen LogP) is 5.10. The van der Waals surface area contributed by atoms with Crippen LogP contribution in [0.3, 0.4) is 0 Å². The number of halogens is 2. The molecule has 1 N–H and O–H groups in total. The number of para-hydroxylation sites is 1. The molecule has 0 radical (unpaired) electrons. The number of nitrogens with one attached hydrogen (secondary N) is 1. The lowest BCUT2D eigenvalue weighted by atomic mass is 10.1. The normalized spacial score (nSPS) is 10.4. The molecule has 132 valence electrons. The first-order chi connectivity index (χ1) is 12.6. The van der Waals surface area contributed by atoms with E-state index in [0.29, 0.717) is 17.6 Å². The molecule has 0 heterocycles. The topological polar surface area (TPSA) is 38.3 Å². The van der Waals surface area contributed by atoms with Gasteiger partial charge in [-0.25, -0.2) is 4.39 Å². The maximum atomic E-state index is 13.4. The third kappa shape index (κ3) is 4.70. The molecule has 0 aromatic heterocycles. The van der Waals surface area contributed by atoms with Gasteiger partial charge in [0.05, 0.1) is 5.56 Å². The summed E-state index contributed by atoms with van der Waals surface area (Å²) in [6.07, 6.45) is 0. The monoisotopic (exact) mass is 413 g/mol. The maximum Gasteiger partial charge on any atom is 0.252 e. The molecule has 0 bridgehead atoms. The summed E-state index contributed by atoms with van der Waals surface area (Å²) in [5, 5.41) is 2.83. The van der Waals surface area contributed by atoms with E-state index in [-0.39, 0.29) is 11.5 Å². The number of carbonyl (C=O) groups is 1. The summed E-state index contributed by atoms with van der Waals surface area (Å²) in [5.74, 6) is 0.000182. The zero-order valence-electron chi connectivity index (χ0n) is 13.9. The molecular formula is C21H17BrFNO2. The number of hydrogen-bond acceptors (Lipinski definition) is 2. The minimum atomic E-state index is -0.449. The molecule has 0 spiro atoms. The Kier molecular flexibility index (Phi) is 6.02. The Balaban J connectivity index is 1.66. The second kappa shape index (κ2) is 8.63. The summed E-state index contributed by atoms with van der Waals surface area (Å²) in [7, 11) is 0. The van der Waals surface area contributed by atoms with Gasteiger partial charge < -0.3 is 10.1 Å². The third-order valence-electron chi connectivity index (χ3n) is 3.87. The van der Waals surface area contributed by atoms with Crippen LogP contribution < -0.4 is 10.1 Å². The Labute approximate surface area is 159 Å². The van der Waals surface area contributed by atoms with E-state index in [4.69, 9.17) is 4.74 Å². The summed E-state index contributed by atoms with van der Waals surface area (Å²) < 4.78 is 19.7. The van der Waals surface area contributed by atoms with Crippen LogP contribution in [0.5, 0.6) is 5.75 Å². The Morgan fingerprint density at radius 1 is 0.962 bits per heavy atom. The molecule has 0 aliphatic heterocycles. The van der Waals surface area contributed by atoms with Crippen molar-refractivity contribution < 1.29 is 13.9 Å². The first-order valence-electron chi connectivity index (χ1n) is 8.11. The van der Waals surface area contributed by atoms with E-state index >= 15 is 0 Å². The molecule has 5 heteroatoms. The lowest BCUT2D eigenvalue weighted by Gasteiger charge is -2.12. The van der Waals surface area contributed by atoms with E-state index in [2.05, 4.69) is 21.2 Å². The Morgan fingerprint density at radius 3 is 2.42 bits per heavy atom. The van der Waals surface area contributed by atoms with E-state index < -0.39 is 5.82 Å². The number of amides is 1. The van der Waals surface area contributed by atoms with Gasteiger partial charge in [0.1, 0.15) is 18.2 Å². The molecule has 0 atom stereocenters. The van der Waals surface area contributed by atoms with Crippen molar-refractivity contribution in [1.82, 2.24) is 5.32 Å². The molecule has 0 aliphatic rings. The number of ether oxygens (including phenoxy) is 1. The first-order valence-corrected chi connectivity index (χ1v) is 8.90. The van der Waals surface area contributed by atoms with Crippen molar-refractivity contribution in [3.63, 3.8) is 0 Å². The van der Waals surface area contributed by atoms with Crippen molar-refractivity contribution >= 4 is 21.8 Å². The molecule has 0 saturated heterocycles. The second-order valence-electron chi connectivity index (χ2n) is 5.68. The quantitative estimate of drug-likeness (QED) is 0.610. The van der Waals surface area contributed by atoms with Crippen molar-refractivity contribution in [1.29, 1.82) is 0 Å². The summed E-state index contributed by atoms with van der Waals surface area (Å²) in [6, 6.07) is 21.3. The van der Waals surface area contributed by atoms with Crippen molar-refractivity contribution in [2.24, 2.45) is 0 Å². The average molecular weight is 414 g/mol. The van der Waals surface area contributed by atoms with Crippen LogP contribution in [-0.4, -0.2) is 5.91 Å². The van der Waals surface area contributed by atoms with E-state index in [1.165, 1.54) is 18.2 Å². The molecule has 0 fully saturated rings. The molecule has 0 unspecified atom stereocenters. The van der Waals surface area contributed by atoms with Crippen LogP contribution in [0, 0.1) is 5.82 Å². The van der Waals surface area contributed by atoms with E-state index in [1.54, 1.807) is 0 Å². The summed E-state index contributed by atoms with van der Waals surface area (Å²) in [5.41, 5.74) is 2.20. The Hall–Kier alpha value is -2.66. The highest BCUT2D eigenvalue weighted by Gasteiger charge is 2.12. The molecular weight excluding hydrogens is 397 g/mol. The maximum absolute atomic E-state index is 13.4. The highest BCUT2D eigenvalue weighted by Crippen LogP contribution is 2.18. The number of carbonyl (C=O) groups excluding carboxylic acids is 1. The largest absolute Gasteiger partial charge is 0.489 e. The summed E-state index contributed by atoms with van der Waals surface area (Å²) in [4.78, 5) is 12.3. The van der Waals surface area contributed by atoms with Gasteiger partial charge >= 0.3 is 0 Å². The Bertz CT molecular complexity index is 900. The zero-order valence-corrected chi connectivity index (χ0v) is 15.5. The smallest absolute Gasteiger partial charge is 0.252 e. The van der Waals surface area contributed by atoms with E-state index in [9.17, 15) is 9.18 Å². The molecule has 3 rings (SSSR count). The molecule has 3 aromatic carbocycles. The Morgan fingerprint density at radius 2 is 1.65 bits per heavy atom. The molecule has 0 aliphatic carbocycles. The van der Waals surface area contributed by atoms with Gasteiger partial charge in [-0.3, -0.25) is 4.79 Å². The summed E-state index contributed by atoms with van der Waals surface area (Å²) >= 11 is 3.27. The zero-order chi connectivity index (χ0) is 18.4. The van der Waals surface area contributed by atoms with Crippen LogP contribution in [0.2, 0.25) is 0 Å². The lowest BCUT2D eigenvalue weighted by Crippen LogP contribution is -2.24. The van der Waals surface area contributed by atoms with Crippen molar-refractivity contribution in [3.8, 4) is 5.75 Å². The van der Waals surface area contributed by atoms with Crippen LogP contribution in [0.1, 0.15) is 21.5 Å². The standard InChI is InChI=1S/C21H17BrFNO2/c22-20-11-10-17(23)12-19(20)21(25)24-13-15-6-4-5-7-16(15)14-26-18-8-2-1-3-9-18/h1-12H,13-14H2,(H,24,25). The van der Waals surface area contributed by atoms with Crippen LogP contribution in [0.25, 0.3) is 0 Å².